The fraction of sp³-hybridized carbons (Fsp3) is 0.211. The summed E-state index contributed by atoms with van der Waals surface area (Å²) < 4.78 is 5.44. The maximum atomic E-state index is 12.3. The highest BCUT2D eigenvalue weighted by molar-refractivity contribution is 6.35. The maximum absolute atomic E-state index is 12.3. The third-order valence-corrected chi connectivity index (χ3v) is 4.30. The van der Waals surface area contributed by atoms with Crippen molar-refractivity contribution in [2.75, 3.05) is 36.5 Å². The molecular weight excluding hydrogens is 288 g/mol. The lowest BCUT2D eigenvalue weighted by Gasteiger charge is -2.30. The van der Waals surface area contributed by atoms with Gasteiger partial charge >= 0.3 is 0 Å². The van der Waals surface area contributed by atoms with Crippen LogP contribution in [0.4, 0.5) is 11.4 Å². The van der Waals surface area contributed by atoms with Crippen LogP contribution in [0, 0.1) is 0 Å². The summed E-state index contributed by atoms with van der Waals surface area (Å²) in [5.41, 5.74) is 4.79. The number of para-hydroxylation sites is 2. The summed E-state index contributed by atoms with van der Waals surface area (Å²) in [5, 5.41) is 2.93. The molecule has 0 unspecified atom stereocenters. The molecule has 0 atom stereocenters. The van der Waals surface area contributed by atoms with Gasteiger partial charge in [-0.25, -0.2) is 0 Å². The van der Waals surface area contributed by atoms with Crippen LogP contribution >= 0.6 is 0 Å². The molecule has 1 saturated heterocycles. The second kappa shape index (κ2) is 5.89. The molecule has 116 valence electrons. The van der Waals surface area contributed by atoms with Gasteiger partial charge in [0, 0.05) is 35.6 Å². The van der Waals surface area contributed by atoms with Crippen LogP contribution in [0.3, 0.4) is 0 Å². The van der Waals surface area contributed by atoms with Crippen molar-refractivity contribution in [3.8, 4) is 0 Å². The van der Waals surface area contributed by atoms with Crippen LogP contribution in [0.5, 0.6) is 0 Å². The van der Waals surface area contributed by atoms with E-state index in [9.17, 15) is 4.79 Å². The van der Waals surface area contributed by atoms with Gasteiger partial charge in [-0.05, 0) is 23.8 Å². The molecule has 4 rings (SSSR count). The van der Waals surface area contributed by atoms with Crippen molar-refractivity contribution in [1.29, 1.82) is 0 Å². The Hall–Kier alpha value is -2.59. The van der Waals surface area contributed by atoms with Crippen LogP contribution in [-0.4, -0.2) is 32.2 Å². The van der Waals surface area contributed by atoms with Gasteiger partial charge in [0.25, 0.3) is 5.91 Å². The summed E-state index contributed by atoms with van der Waals surface area (Å²) in [6, 6.07) is 16.0. The number of ether oxygens (including phenoxy) is 1. The minimum atomic E-state index is -0.0389. The number of benzene rings is 2. The number of carbonyl (C=O) groups is 1. The van der Waals surface area contributed by atoms with Crippen molar-refractivity contribution < 1.29 is 9.53 Å². The van der Waals surface area contributed by atoms with E-state index in [1.54, 1.807) is 0 Å². The number of amides is 1. The Balaban J connectivity index is 1.76. The molecule has 0 bridgehead atoms. The molecular formula is C19H18N2O2. The molecule has 0 radical (unpaired) electrons. The Kier molecular flexibility index (Phi) is 3.60. The largest absolute Gasteiger partial charge is 0.378 e. The van der Waals surface area contributed by atoms with Crippen LogP contribution in [0.2, 0.25) is 0 Å². The zero-order valence-electron chi connectivity index (χ0n) is 12.8. The average molecular weight is 306 g/mol. The van der Waals surface area contributed by atoms with Gasteiger partial charge in [0.15, 0.2) is 0 Å². The second-order valence-electron chi connectivity index (χ2n) is 5.72. The molecule has 2 aromatic carbocycles. The maximum Gasteiger partial charge on any atom is 0.256 e. The number of nitrogens with one attached hydrogen (secondary N) is 1. The van der Waals surface area contributed by atoms with Gasteiger partial charge in [-0.2, -0.15) is 0 Å². The highest BCUT2D eigenvalue weighted by Crippen LogP contribution is 2.34. The van der Waals surface area contributed by atoms with Crippen molar-refractivity contribution in [2.45, 2.75) is 0 Å². The van der Waals surface area contributed by atoms with E-state index in [1.807, 2.05) is 42.5 Å². The summed E-state index contributed by atoms with van der Waals surface area (Å²) in [7, 11) is 0. The van der Waals surface area contributed by atoms with E-state index in [4.69, 9.17) is 4.74 Å². The normalized spacial score (nSPS) is 18.9. The van der Waals surface area contributed by atoms with E-state index in [-0.39, 0.29) is 5.91 Å². The Labute approximate surface area is 135 Å². The van der Waals surface area contributed by atoms with E-state index < -0.39 is 0 Å². The summed E-state index contributed by atoms with van der Waals surface area (Å²) >= 11 is 0. The Morgan fingerprint density at radius 1 is 1.00 bits per heavy atom. The standard InChI is InChI=1S/C19H18N2O2/c22-19-16(15-6-2-3-7-17(15)20-19)13-14-5-1-4-8-18(14)21-9-11-23-12-10-21/h1-8,13H,9-12H2,(H,20,22)/b16-13-. The first kappa shape index (κ1) is 14.0. The Bertz CT molecular complexity index is 776. The van der Waals surface area contributed by atoms with E-state index in [1.165, 1.54) is 0 Å². The van der Waals surface area contributed by atoms with Gasteiger partial charge in [0.1, 0.15) is 0 Å². The lowest BCUT2D eigenvalue weighted by atomic mass is 10.0. The number of morpholine rings is 1. The molecule has 2 heterocycles. The molecule has 2 aromatic rings. The van der Waals surface area contributed by atoms with Crippen LogP contribution in [0.25, 0.3) is 11.6 Å². The summed E-state index contributed by atoms with van der Waals surface area (Å²) in [4.78, 5) is 14.6. The molecule has 0 spiro atoms. The predicted molar refractivity (Wildman–Crippen MR) is 92.4 cm³/mol. The first-order valence-corrected chi connectivity index (χ1v) is 7.87. The van der Waals surface area contributed by atoms with Crippen LogP contribution in [0.1, 0.15) is 11.1 Å². The lowest BCUT2D eigenvalue weighted by Crippen LogP contribution is -2.36. The third kappa shape index (κ3) is 2.62. The molecule has 0 aliphatic carbocycles. The fourth-order valence-corrected chi connectivity index (χ4v) is 3.14. The van der Waals surface area contributed by atoms with Crippen LogP contribution in [0.15, 0.2) is 48.5 Å². The molecule has 2 aliphatic heterocycles. The molecule has 23 heavy (non-hydrogen) atoms. The SMILES string of the molecule is O=C1Nc2ccccc2/C1=C/c1ccccc1N1CCOCC1. The summed E-state index contributed by atoms with van der Waals surface area (Å²) in [6.45, 7) is 3.24. The van der Waals surface area contributed by atoms with Gasteiger partial charge in [-0.3, -0.25) is 4.79 Å². The zero-order chi connectivity index (χ0) is 15.6. The first-order chi connectivity index (χ1) is 11.3. The fourth-order valence-electron chi connectivity index (χ4n) is 3.14. The van der Waals surface area contributed by atoms with E-state index in [0.29, 0.717) is 0 Å². The predicted octanol–water partition coefficient (Wildman–Crippen LogP) is 3.02. The summed E-state index contributed by atoms with van der Waals surface area (Å²) in [6.07, 6.45) is 1.99. The van der Waals surface area contributed by atoms with Gasteiger partial charge < -0.3 is 15.0 Å². The van der Waals surface area contributed by atoms with Crippen molar-refractivity contribution in [1.82, 2.24) is 0 Å². The Morgan fingerprint density at radius 2 is 1.74 bits per heavy atom. The monoisotopic (exact) mass is 306 g/mol. The summed E-state index contributed by atoms with van der Waals surface area (Å²) in [5.74, 6) is -0.0389. The average Bonchev–Trinajstić information content (AvgIpc) is 2.92. The van der Waals surface area contributed by atoms with E-state index in [0.717, 1.165) is 54.4 Å². The van der Waals surface area contributed by atoms with E-state index in [2.05, 4.69) is 22.3 Å². The minimum Gasteiger partial charge on any atom is -0.378 e. The number of carbonyl (C=O) groups excluding carboxylic acids is 1. The van der Waals surface area contributed by atoms with Crippen molar-refractivity contribution in [3.63, 3.8) is 0 Å². The highest BCUT2D eigenvalue weighted by atomic mass is 16.5. The van der Waals surface area contributed by atoms with Crippen molar-refractivity contribution in [2.24, 2.45) is 0 Å². The van der Waals surface area contributed by atoms with Crippen LogP contribution in [-0.2, 0) is 9.53 Å². The molecule has 1 amide bonds. The van der Waals surface area contributed by atoms with Crippen LogP contribution < -0.4 is 10.2 Å². The van der Waals surface area contributed by atoms with Crippen molar-refractivity contribution >= 4 is 28.9 Å². The number of hydrogen-bond donors (Lipinski definition) is 1. The topological polar surface area (TPSA) is 41.6 Å². The van der Waals surface area contributed by atoms with Gasteiger partial charge in [-0.1, -0.05) is 36.4 Å². The zero-order valence-corrected chi connectivity index (χ0v) is 12.8. The number of rotatable bonds is 2. The lowest BCUT2D eigenvalue weighted by molar-refractivity contribution is -0.110. The smallest absolute Gasteiger partial charge is 0.256 e. The minimum absolute atomic E-state index is 0.0389. The van der Waals surface area contributed by atoms with Gasteiger partial charge in [-0.15, -0.1) is 0 Å². The van der Waals surface area contributed by atoms with Gasteiger partial charge in [0.2, 0.25) is 0 Å². The molecule has 4 nitrogen and oxygen atoms in total. The quantitative estimate of drug-likeness (QED) is 0.867. The highest BCUT2D eigenvalue weighted by Gasteiger charge is 2.24. The molecule has 0 saturated carbocycles. The molecule has 0 aromatic heterocycles. The third-order valence-electron chi connectivity index (χ3n) is 4.30. The molecule has 1 N–H and O–H groups in total. The van der Waals surface area contributed by atoms with E-state index >= 15 is 0 Å². The number of nitrogens with zero attached hydrogens (tertiary/aromatic N) is 1. The number of hydrogen-bond acceptors (Lipinski definition) is 3. The number of anilines is 2. The van der Waals surface area contributed by atoms with Crippen molar-refractivity contribution in [3.05, 3.63) is 59.7 Å². The molecule has 2 aliphatic rings. The number of fused-ring (bicyclic) bond motifs is 1. The second-order valence-corrected chi connectivity index (χ2v) is 5.72. The van der Waals surface area contributed by atoms with Gasteiger partial charge in [0.05, 0.1) is 13.2 Å². The molecule has 1 fully saturated rings. The Morgan fingerprint density at radius 3 is 2.61 bits per heavy atom. The molecule has 4 heteroatoms. The first-order valence-electron chi connectivity index (χ1n) is 7.87.